The van der Waals surface area contributed by atoms with Crippen molar-refractivity contribution in [3.63, 3.8) is 0 Å². The first-order valence-electron chi connectivity index (χ1n) is 6.48. The lowest BCUT2D eigenvalue weighted by Gasteiger charge is -2.16. The molecule has 118 valence electrons. The van der Waals surface area contributed by atoms with Gasteiger partial charge in [0.2, 0.25) is 10.0 Å². The molecule has 2 rings (SSSR count). The number of nitrogen functional groups attached to an aromatic ring is 1. The minimum Gasteiger partial charge on any atom is -0.323 e. The van der Waals surface area contributed by atoms with E-state index in [9.17, 15) is 16.8 Å². The highest BCUT2D eigenvalue weighted by Gasteiger charge is 2.32. The van der Waals surface area contributed by atoms with Crippen LogP contribution in [0.4, 0.5) is 5.69 Å². The molecule has 1 aromatic carbocycles. The number of hydrogen-bond acceptors (Lipinski definition) is 6. The highest BCUT2D eigenvalue weighted by molar-refractivity contribution is 7.91. The Morgan fingerprint density at radius 3 is 2.33 bits per heavy atom. The molecule has 9 heteroatoms. The van der Waals surface area contributed by atoms with E-state index in [1.165, 1.54) is 12.1 Å². The topological polar surface area (TPSA) is 118 Å². The van der Waals surface area contributed by atoms with Gasteiger partial charge in [-0.3, -0.25) is 5.84 Å². The van der Waals surface area contributed by atoms with Crippen molar-refractivity contribution in [2.45, 2.75) is 35.6 Å². The molecule has 0 spiro atoms. The summed E-state index contributed by atoms with van der Waals surface area (Å²) in [6, 6.07) is 3.58. The minimum absolute atomic E-state index is 0.0686. The summed E-state index contributed by atoms with van der Waals surface area (Å²) in [5.41, 5.74) is 2.44. The number of nitrogens with two attached hydrogens (primary N) is 1. The Morgan fingerprint density at radius 2 is 1.86 bits per heavy atom. The van der Waals surface area contributed by atoms with Crippen LogP contribution in [0.1, 0.15) is 19.8 Å². The molecule has 1 aliphatic carbocycles. The average molecular weight is 333 g/mol. The average Bonchev–Trinajstić information content (AvgIpc) is 3.20. The van der Waals surface area contributed by atoms with Crippen molar-refractivity contribution in [2.75, 3.05) is 11.7 Å². The zero-order chi connectivity index (χ0) is 15.8. The zero-order valence-electron chi connectivity index (χ0n) is 11.8. The number of rotatable bonds is 6. The molecule has 1 aliphatic rings. The summed E-state index contributed by atoms with van der Waals surface area (Å²) in [7, 11) is -7.35. The van der Waals surface area contributed by atoms with Crippen LogP contribution < -0.4 is 16.0 Å². The Hall–Kier alpha value is -1.16. The monoisotopic (exact) mass is 333 g/mol. The van der Waals surface area contributed by atoms with Gasteiger partial charge in [0.05, 0.1) is 10.6 Å². The van der Waals surface area contributed by atoms with Gasteiger partial charge in [-0.15, -0.1) is 0 Å². The highest BCUT2D eigenvalue weighted by atomic mass is 32.2. The van der Waals surface area contributed by atoms with Crippen molar-refractivity contribution in [1.82, 2.24) is 4.72 Å². The number of nitrogens with one attached hydrogen (secondary N) is 2. The fraction of sp³-hybridized carbons (Fsp3) is 0.500. The van der Waals surface area contributed by atoms with Crippen LogP contribution in [-0.4, -0.2) is 29.1 Å². The fourth-order valence-corrected chi connectivity index (χ4v) is 4.30. The number of sulfonamides is 1. The number of anilines is 1. The predicted molar refractivity (Wildman–Crippen MR) is 79.9 cm³/mol. The largest absolute Gasteiger partial charge is 0.323 e. The molecular formula is C12H19N3O4S2. The quantitative estimate of drug-likeness (QED) is 0.514. The van der Waals surface area contributed by atoms with Gasteiger partial charge in [-0.25, -0.2) is 21.6 Å². The van der Waals surface area contributed by atoms with Crippen LogP contribution in [0.2, 0.25) is 0 Å². The molecule has 1 saturated carbocycles. The molecule has 1 unspecified atom stereocenters. The van der Waals surface area contributed by atoms with E-state index in [2.05, 4.69) is 10.1 Å². The molecule has 0 bridgehead atoms. The molecule has 1 aromatic rings. The van der Waals surface area contributed by atoms with Gasteiger partial charge in [0.15, 0.2) is 9.84 Å². The molecule has 1 fully saturated rings. The van der Waals surface area contributed by atoms with Gasteiger partial charge < -0.3 is 5.43 Å². The smallest absolute Gasteiger partial charge is 0.242 e. The molecule has 21 heavy (non-hydrogen) atoms. The summed E-state index contributed by atoms with van der Waals surface area (Å²) >= 11 is 0. The summed E-state index contributed by atoms with van der Waals surface area (Å²) in [6.45, 7) is 1.80. The van der Waals surface area contributed by atoms with Crippen molar-refractivity contribution in [2.24, 2.45) is 11.8 Å². The second-order valence-corrected chi connectivity index (χ2v) is 9.02. The van der Waals surface area contributed by atoms with Crippen molar-refractivity contribution < 1.29 is 16.8 Å². The second kappa shape index (κ2) is 5.56. The summed E-state index contributed by atoms with van der Waals surface area (Å²) in [4.78, 5) is -0.235. The van der Waals surface area contributed by atoms with E-state index in [-0.39, 0.29) is 21.5 Å². The Labute approximate surface area is 124 Å². The highest BCUT2D eigenvalue weighted by Crippen LogP contribution is 2.33. The van der Waals surface area contributed by atoms with E-state index in [0.29, 0.717) is 5.92 Å². The summed E-state index contributed by atoms with van der Waals surface area (Å²) in [6.07, 6.45) is 3.01. The second-order valence-electron chi connectivity index (χ2n) is 5.32. The lowest BCUT2D eigenvalue weighted by molar-refractivity contribution is 0.538. The van der Waals surface area contributed by atoms with Gasteiger partial charge in [0.25, 0.3) is 0 Å². The van der Waals surface area contributed by atoms with E-state index in [0.717, 1.165) is 25.2 Å². The van der Waals surface area contributed by atoms with Crippen LogP contribution in [0.5, 0.6) is 0 Å². The van der Waals surface area contributed by atoms with Crippen molar-refractivity contribution in [3.8, 4) is 0 Å². The Kier molecular flexibility index (Phi) is 4.29. The molecule has 0 aromatic heterocycles. The van der Waals surface area contributed by atoms with Gasteiger partial charge in [0.1, 0.15) is 4.90 Å². The van der Waals surface area contributed by atoms with Crippen molar-refractivity contribution >= 4 is 25.5 Å². The maximum atomic E-state index is 12.4. The minimum atomic E-state index is -3.85. The van der Waals surface area contributed by atoms with E-state index < -0.39 is 19.9 Å². The van der Waals surface area contributed by atoms with Crippen molar-refractivity contribution in [1.29, 1.82) is 0 Å². The summed E-state index contributed by atoms with van der Waals surface area (Å²) < 4.78 is 50.6. The van der Waals surface area contributed by atoms with Crippen LogP contribution in [0.25, 0.3) is 0 Å². The van der Waals surface area contributed by atoms with Crippen LogP contribution in [0, 0.1) is 5.92 Å². The Morgan fingerprint density at radius 1 is 1.24 bits per heavy atom. The van der Waals surface area contributed by atoms with Gasteiger partial charge in [-0.05, 0) is 43.9 Å². The Bertz CT molecular complexity index is 740. The van der Waals surface area contributed by atoms with E-state index in [1.54, 1.807) is 6.92 Å². The lowest BCUT2D eigenvalue weighted by atomic mass is 10.2. The first-order chi connectivity index (χ1) is 9.65. The maximum absolute atomic E-state index is 12.4. The van der Waals surface area contributed by atoms with E-state index in [1.807, 2.05) is 0 Å². The molecule has 0 radical (unpaired) electrons. The molecule has 0 amide bonds. The number of hydrazine groups is 1. The first kappa shape index (κ1) is 16.2. The third-order valence-corrected chi connectivity index (χ3v) is 6.21. The fourth-order valence-electron chi connectivity index (χ4n) is 2.08. The zero-order valence-corrected chi connectivity index (χ0v) is 13.5. The summed E-state index contributed by atoms with van der Waals surface area (Å²) in [5.74, 6) is 5.66. The van der Waals surface area contributed by atoms with Gasteiger partial charge >= 0.3 is 0 Å². The van der Waals surface area contributed by atoms with Crippen molar-refractivity contribution in [3.05, 3.63) is 18.2 Å². The SMILES string of the molecule is CC(NS(=O)(=O)c1cc(S(C)(=O)=O)ccc1NN)C1CC1. The lowest BCUT2D eigenvalue weighted by Crippen LogP contribution is -2.34. The van der Waals surface area contributed by atoms with Gasteiger partial charge in [0, 0.05) is 12.3 Å². The number of hydrogen-bond donors (Lipinski definition) is 3. The van der Waals surface area contributed by atoms with Crippen LogP contribution in [0.3, 0.4) is 0 Å². The summed E-state index contributed by atoms with van der Waals surface area (Å²) in [5, 5.41) is 0. The molecule has 1 atom stereocenters. The Balaban J connectivity index is 2.44. The van der Waals surface area contributed by atoms with E-state index >= 15 is 0 Å². The van der Waals surface area contributed by atoms with E-state index in [4.69, 9.17) is 5.84 Å². The van der Waals surface area contributed by atoms with Crippen LogP contribution in [-0.2, 0) is 19.9 Å². The molecular weight excluding hydrogens is 314 g/mol. The maximum Gasteiger partial charge on any atom is 0.242 e. The third-order valence-electron chi connectivity index (χ3n) is 3.50. The van der Waals surface area contributed by atoms with Gasteiger partial charge in [-0.1, -0.05) is 0 Å². The molecule has 4 N–H and O–H groups in total. The van der Waals surface area contributed by atoms with Crippen LogP contribution >= 0.6 is 0 Å². The third kappa shape index (κ3) is 3.73. The first-order valence-corrected chi connectivity index (χ1v) is 9.85. The molecule has 0 saturated heterocycles. The standard InChI is InChI=1S/C12H19N3O4S2/c1-8(9-3-4-9)15-21(18,19)12-7-10(20(2,16)17)5-6-11(12)14-13/h5-9,14-15H,3-4,13H2,1-2H3. The van der Waals surface area contributed by atoms with Crippen LogP contribution in [0.15, 0.2) is 28.0 Å². The normalized spacial score (nSPS) is 17.5. The number of sulfone groups is 1. The molecule has 7 nitrogen and oxygen atoms in total. The molecule has 0 aliphatic heterocycles. The molecule has 0 heterocycles. The van der Waals surface area contributed by atoms with Gasteiger partial charge in [-0.2, -0.15) is 0 Å². The number of benzene rings is 1. The predicted octanol–water partition coefficient (Wildman–Crippen LogP) is 0.453.